The fraction of sp³-hybridized carbons (Fsp3) is 0.500. The molecule has 0 saturated carbocycles. The highest BCUT2D eigenvalue weighted by Crippen LogP contribution is 2.13. The van der Waals surface area contributed by atoms with Crippen LogP contribution >= 0.6 is 0 Å². The molecule has 1 unspecified atom stereocenters. The first-order valence-corrected chi connectivity index (χ1v) is 6.85. The first-order chi connectivity index (χ1) is 10.1. The van der Waals surface area contributed by atoms with Crippen LogP contribution in [0.4, 0.5) is 5.69 Å². The smallest absolute Gasteiger partial charge is 0.255 e. The van der Waals surface area contributed by atoms with E-state index in [9.17, 15) is 9.59 Å². The molecule has 1 heterocycles. The molecule has 0 spiro atoms. The van der Waals surface area contributed by atoms with Crippen LogP contribution < -0.4 is 16.0 Å². The van der Waals surface area contributed by atoms with Gasteiger partial charge in [-0.05, 0) is 19.9 Å². The number of amides is 2. The van der Waals surface area contributed by atoms with Gasteiger partial charge >= 0.3 is 0 Å². The average molecular weight is 294 g/mol. The molecule has 0 saturated heterocycles. The predicted octanol–water partition coefficient (Wildman–Crippen LogP) is 0.394. The highest BCUT2D eigenvalue weighted by Gasteiger charge is 2.18. The van der Waals surface area contributed by atoms with Crippen LogP contribution in [-0.2, 0) is 9.53 Å². The lowest BCUT2D eigenvalue weighted by atomic mass is 10.2. The van der Waals surface area contributed by atoms with Crippen molar-refractivity contribution in [1.82, 2.24) is 15.6 Å². The lowest BCUT2D eigenvalue weighted by molar-refractivity contribution is -0.122. The van der Waals surface area contributed by atoms with Crippen molar-refractivity contribution in [2.75, 3.05) is 32.1 Å². The van der Waals surface area contributed by atoms with Crippen molar-refractivity contribution in [2.45, 2.75) is 19.9 Å². The van der Waals surface area contributed by atoms with E-state index < -0.39 is 6.04 Å². The van der Waals surface area contributed by atoms with Gasteiger partial charge in [0.2, 0.25) is 5.91 Å². The summed E-state index contributed by atoms with van der Waals surface area (Å²) in [5.74, 6) is -0.595. The molecule has 0 aliphatic rings. The number of nitrogens with one attached hydrogen (secondary N) is 3. The van der Waals surface area contributed by atoms with Gasteiger partial charge in [0.15, 0.2) is 0 Å². The van der Waals surface area contributed by atoms with Gasteiger partial charge in [-0.2, -0.15) is 0 Å². The minimum absolute atomic E-state index is 0.255. The number of hydrogen-bond acceptors (Lipinski definition) is 5. The summed E-state index contributed by atoms with van der Waals surface area (Å²) in [4.78, 5) is 27.9. The first kappa shape index (κ1) is 16.9. The van der Waals surface area contributed by atoms with E-state index in [1.807, 2.05) is 6.92 Å². The summed E-state index contributed by atoms with van der Waals surface area (Å²) in [7, 11) is 1.56. The van der Waals surface area contributed by atoms with E-state index in [-0.39, 0.29) is 11.8 Å². The highest BCUT2D eigenvalue weighted by atomic mass is 16.5. The summed E-state index contributed by atoms with van der Waals surface area (Å²) in [5.41, 5.74) is 1.10. The summed E-state index contributed by atoms with van der Waals surface area (Å²) >= 11 is 0. The normalized spacial score (nSPS) is 11.6. The standard InChI is InChI=1S/C14H22N4O3/c1-4-16-12-5-6-15-9-11(12)14(20)18-10(2)13(19)17-7-8-21-3/h5-6,9-10H,4,7-8H2,1-3H3,(H,15,16)(H,17,19)(H,18,20). The van der Waals surface area contributed by atoms with Crippen molar-refractivity contribution >= 4 is 17.5 Å². The third kappa shape index (κ3) is 5.39. The summed E-state index contributed by atoms with van der Waals surface area (Å²) in [5, 5.41) is 8.40. The molecule has 1 aromatic heterocycles. The Morgan fingerprint density at radius 1 is 1.43 bits per heavy atom. The number of rotatable bonds is 8. The number of carbonyl (C=O) groups excluding carboxylic acids is 2. The Morgan fingerprint density at radius 3 is 2.86 bits per heavy atom. The molecule has 7 heteroatoms. The predicted molar refractivity (Wildman–Crippen MR) is 80.2 cm³/mol. The van der Waals surface area contributed by atoms with Crippen molar-refractivity contribution in [3.63, 3.8) is 0 Å². The molecule has 0 aromatic carbocycles. The van der Waals surface area contributed by atoms with E-state index >= 15 is 0 Å². The van der Waals surface area contributed by atoms with Crippen LogP contribution in [0.2, 0.25) is 0 Å². The van der Waals surface area contributed by atoms with Crippen LogP contribution in [0.15, 0.2) is 18.5 Å². The Labute approximate surface area is 124 Å². The Morgan fingerprint density at radius 2 is 2.19 bits per heavy atom. The van der Waals surface area contributed by atoms with Gasteiger partial charge in [-0.1, -0.05) is 0 Å². The monoisotopic (exact) mass is 294 g/mol. The number of aromatic nitrogens is 1. The Bertz CT molecular complexity index is 479. The molecule has 0 radical (unpaired) electrons. The zero-order chi connectivity index (χ0) is 15.7. The summed E-state index contributed by atoms with van der Waals surface area (Å²) < 4.78 is 4.85. The van der Waals surface area contributed by atoms with Crippen LogP contribution in [0.1, 0.15) is 24.2 Å². The quantitative estimate of drug-likeness (QED) is 0.603. The molecule has 21 heavy (non-hydrogen) atoms. The van der Waals surface area contributed by atoms with Gasteiger partial charge in [0.05, 0.1) is 17.9 Å². The third-order valence-electron chi connectivity index (χ3n) is 2.78. The molecule has 1 aromatic rings. The van der Waals surface area contributed by atoms with Crippen LogP contribution in [0, 0.1) is 0 Å². The maximum absolute atomic E-state index is 12.2. The van der Waals surface area contributed by atoms with Crippen LogP contribution in [0.25, 0.3) is 0 Å². The Balaban J connectivity index is 2.62. The van der Waals surface area contributed by atoms with Crippen molar-refractivity contribution in [3.8, 4) is 0 Å². The molecule has 2 amide bonds. The lowest BCUT2D eigenvalue weighted by Gasteiger charge is -2.15. The molecule has 0 bridgehead atoms. The van der Waals surface area contributed by atoms with Gasteiger partial charge in [0.1, 0.15) is 6.04 Å². The molecular weight excluding hydrogens is 272 g/mol. The van der Waals surface area contributed by atoms with E-state index in [1.54, 1.807) is 26.3 Å². The fourth-order valence-corrected chi connectivity index (χ4v) is 1.69. The number of ether oxygens (including phenoxy) is 1. The third-order valence-corrected chi connectivity index (χ3v) is 2.78. The maximum Gasteiger partial charge on any atom is 0.255 e. The van der Waals surface area contributed by atoms with E-state index in [2.05, 4.69) is 20.9 Å². The lowest BCUT2D eigenvalue weighted by Crippen LogP contribution is -2.45. The first-order valence-electron chi connectivity index (χ1n) is 6.85. The average Bonchev–Trinajstić information content (AvgIpc) is 2.48. The van der Waals surface area contributed by atoms with E-state index in [0.29, 0.717) is 30.9 Å². The van der Waals surface area contributed by atoms with Crippen LogP contribution in [0.3, 0.4) is 0 Å². The van der Waals surface area contributed by atoms with Gasteiger partial charge in [-0.3, -0.25) is 14.6 Å². The second-order valence-corrected chi connectivity index (χ2v) is 4.43. The van der Waals surface area contributed by atoms with Crippen molar-refractivity contribution in [2.24, 2.45) is 0 Å². The zero-order valence-corrected chi connectivity index (χ0v) is 12.6. The SMILES string of the molecule is CCNc1ccncc1C(=O)NC(C)C(=O)NCCOC. The molecule has 0 aliphatic carbocycles. The molecule has 1 rings (SSSR count). The molecule has 116 valence electrons. The van der Waals surface area contributed by atoms with Gasteiger partial charge < -0.3 is 20.7 Å². The van der Waals surface area contributed by atoms with Crippen molar-refractivity contribution in [3.05, 3.63) is 24.0 Å². The van der Waals surface area contributed by atoms with Gasteiger partial charge in [-0.15, -0.1) is 0 Å². The highest BCUT2D eigenvalue weighted by molar-refractivity contribution is 6.01. The van der Waals surface area contributed by atoms with Gasteiger partial charge in [-0.25, -0.2) is 0 Å². The number of carbonyl (C=O) groups is 2. The zero-order valence-electron chi connectivity index (χ0n) is 12.6. The van der Waals surface area contributed by atoms with E-state index in [4.69, 9.17) is 4.74 Å². The van der Waals surface area contributed by atoms with E-state index in [1.165, 1.54) is 6.20 Å². The second-order valence-electron chi connectivity index (χ2n) is 4.43. The Hall–Kier alpha value is -2.15. The fourth-order valence-electron chi connectivity index (χ4n) is 1.69. The topological polar surface area (TPSA) is 92.4 Å². The van der Waals surface area contributed by atoms with Crippen molar-refractivity contribution in [1.29, 1.82) is 0 Å². The van der Waals surface area contributed by atoms with Crippen LogP contribution in [-0.4, -0.2) is 49.6 Å². The van der Waals surface area contributed by atoms with Gasteiger partial charge in [0.25, 0.3) is 5.91 Å². The molecule has 1 atom stereocenters. The van der Waals surface area contributed by atoms with Gasteiger partial charge in [0, 0.05) is 32.6 Å². The number of methoxy groups -OCH3 is 1. The number of hydrogen-bond donors (Lipinski definition) is 3. The molecule has 7 nitrogen and oxygen atoms in total. The summed E-state index contributed by atoms with van der Waals surface area (Å²) in [6, 6.07) is 1.09. The number of pyridine rings is 1. The minimum atomic E-state index is -0.635. The molecule has 0 aliphatic heterocycles. The Kier molecular flexibility index (Phi) is 7.17. The van der Waals surface area contributed by atoms with Crippen molar-refractivity contribution < 1.29 is 14.3 Å². The minimum Gasteiger partial charge on any atom is -0.385 e. The van der Waals surface area contributed by atoms with E-state index in [0.717, 1.165) is 0 Å². The summed E-state index contributed by atoms with van der Waals surface area (Å²) in [6.07, 6.45) is 3.08. The number of nitrogens with zero attached hydrogens (tertiary/aromatic N) is 1. The van der Waals surface area contributed by atoms with Crippen LogP contribution in [0.5, 0.6) is 0 Å². The number of anilines is 1. The second kappa shape index (κ2) is 8.91. The molecule has 3 N–H and O–H groups in total. The molecular formula is C14H22N4O3. The largest absolute Gasteiger partial charge is 0.385 e. The maximum atomic E-state index is 12.2. The molecule has 0 fully saturated rings. The summed E-state index contributed by atoms with van der Waals surface area (Å²) in [6.45, 7) is 5.10.